The average molecular weight is 398 g/mol. The molecule has 4 rings (SSSR count). The number of halogens is 3. The third-order valence-corrected chi connectivity index (χ3v) is 7.01. The summed E-state index contributed by atoms with van der Waals surface area (Å²) in [7, 11) is 0. The molecular formula is C18H17F3N2OS2. The normalized spacial score (nSPS) is 18.8. The summed E-state index contributed by atoms with van der Waals surface area (Å²) >= 11 is 3.14. The molecule has 3 aromatic rings. The summed E-state index contributed by atoms with van der Waals surface area (Å²) in [6.07, 6.45) is -3.48. The van der Waals surface area contributed by atoms with Gasteiger partial charge in [-0.1, -0.05) is 18.2 Å². The van der Waals surface area contributed by atoms with E-state index in [1.54, 1.807) is 11.3 Å². The van der Waals surface area contributed by atoms with Gasteiger partial charge < -0.3 is 5.32 Å². The van der Waals surface area contributed by atoms with Gasteiger partial charge in [-0.05, 0) is 31.0 Å². The van der Waals surface area contributed by atoms with E-state index in [4.69, 9.17) is 0 Å². The quantitative estimate of drug-likeness (QED) is 0.689. The first-order chi connectivity index (χ1) is 12.4. The van der Waals surface area contributed by atoms with Crippen molar-refractivity contribution in [1.82, 2.24) is 10.2 Å². The molecule has 0 aliphatic carbocycles. The van der Waals surface area contributed by atoms with Crippen molar-refractivity contribution >= 4 is 48.1 Å². The second-order valence-corrected chi connectivity index (χ2v) is 8.75. The molecule has 1 unspecified atom stereocenters. The van der Waals surface area contributed by atoms with Crippen LogP contribution >= 0.6 is 22.7 Å². The number of hydrogen-bond donors (Lipinski definition) is 1. The van der Waals surface area contributed by atoms with Crippen LogP contribution in [0.1, 0.15) is 16.1 Å². The Bertz CT molecular complexity index is 947. The minimum absolute atomic E-state index is 0.0724. The van der Waals surface area contributed by atoms with Crippen molar-refractivity contribution in [3.63, 3.8) is 0 Å². The molecular weight excluding hydrogens is 381 g/mol. The summed E-state index contributed by atoms with van der Waals surface area (Å²) in [4.78, 5) is 14.5. The molecule has 2 aromatic heterocycles. The van der Waals surface area contributed by atoms with Crippen molar-refractivity contribution in [2.45, 2.75) is 12.6 Å². The summed E-state index contributed by atoms with van der Waals surface area (Å²) in [5.41, 5.74) is 0. The lowest BCUT2D eigenvalue weighted by Gasteiger charge is -2.17. The van der Waals surface area contributed by atoms with E-state index in [0.29, 0.717) is 30.9 Å². The number of nitrogens with one attached hydrogen (secondary N) is 1. The zero-order valence-corrected chi connectivity index (χ0v) is 15.4. The fraction of sp³-hybridized carbons (Fsp3) is 0.389. The third-order valence-electron chi connectivity index (χ3n) is 4.60. The van der Waals surface area contributed by atoms with Crippen molar-refractivity contribution in [1.29, 1.82) is 0 Å². The van der Waals surface area contributed by atoms with Crippen LogP contribution in [0, 0.1) is 5.92 Å². The molecule has 1 aliphatic heterocycles. The number of likely N-dealkylation sites (tertiary alicyclic amines) is 1. The number of nitrogens with zero attached hydrogens (tertiary/aromatic N) is 1. The van der Waals surface area contributed by atoms with Crippen LogP contribution in [0.25, 0.3) is 19.5 Å². The highest BCUT2D eigenvalue weighted by Crippen LogP contribution is 2.39. The van der Waals surface area contributed by atoms with E-state index in [1.807, 2.05) is 18.2 Å². The van der Waals surface area contributed by atoms with Crippen LogP contribution in [-0.2, 0) is 0 Å². The van der Waals surface area contributed by atoms with E-state index in [0.717, 1.165) is 14.8 Å². The maximum Gasteiger partial charge on any atom is 0.401 e. The summed E-state index contributed by atoms with van der Waals surface area (Å²) in [5.74, 6) is -0.0695. The van der Waals surface area contributed by atoms with Crippen LogP contribution in [-0.4, -0.2) is 43.2 Å². The molecule has 0 saturated carbocycles. The van der Waals surface area contributed by atoms with Gasteiger partial charge in [0, 0.05) is 27.9 Å². The fourth-order valence-electron chi connectivity index (χ4n) is 3.41. The molecule has 3 heterocycles. The highest BCUT2D eigenvalue weighted by Gasteiger charge is 2.34. The Morgan fingerprint density at radius 2 is 2.04 bits per heavy atom. The number of carbonyl (C=O) groups is 1. The van der Waals surface area contributed by atoms with Gasteiger partial charge in [0.25, 0.3) is 5.91 Å². The number of rotatable bonds is 4. The van der Waals surface area contributed by atoms with Crippen molar-refractivity contribution < 1.29 is 18.0 Å². The molecule has 3 nitrogen and oxygen atoms in total. The van der Waals surface area contributed by atoms with Crippen molar-refractivity contribution in [3.05, 3.63) is 35.2 Å². The zero-order chi connectivity index (χ0) is 18.3. The van der Waals surface area contributed by atoms with Crippen molar-refractivity contribution in [2.24, 2.45) is 5.92 Å². The van der Waals surface area contributed by atoms with E-state index in [2.05, 4.69) is 17.4 Å². The number of alkyl halides is 3. The van der Waals surface area contributed by atoms with Crippen molar-refractivity contribution in [3.8, 4) is 0 Å². The third kappa shape index (κ3) is 3.72. The minimum Gasteiger partial charge on any atom is -0.351 e. The number of benzene rings is 1. The Hall–Kier alpha value is -1.64. The van der Waals surface area contributed by atoms with Gasteiger partial charge in [-0.15, -0.1) is 22.7 Å². The molecule has 1 aromatic carbocycles. The van der Waals surface area contributed by atoms with Crippen LogP contribution in [0.2, 0.25) is 0 Å². The summed E-state index contributed by atoms with van der Waals surface area (Å²) in [6, 6.07) is 10.0. The van der Waals surface area contributed by atoms with Crippen LogP contribution in [0.4, 0.5) is 13.2 Å². The molecule has 0 radical (unpaired) electrons. The van der Waals surface area contributed by atoms with Crippen LogP contribution in [0.5, 0.6) is 0 Å². The summed E-state index contributed by atoms with van der Waals surface area (Å²) in [5, 5.41) is 4.05. The van der Waals surface area contributed by atoms with Gasteiger partial charge in [-0.3, -0.25) is 9.69 Å². The molecule has 1 fully saturated rings. The Morgan fingerprint density at radius 3 is 2.85 bits per heavy atom. The highest BCUT2D eigenvalue weighted by molar-refractivity contribution is 7.33. The number of fused-ring (bicyclic) bond motifs is 3. The minimum atomic E-state index is -4.16. The summed E-state index contributed by atoms with van der Waals surface area (Å²) < 4.78 is 40.7. The lowest BCUT2D eigenvalue weighted by molar-refractivity contribution is -0.143. The topological polar surface area (TPSA) is 32.3 Å². The molecule has 0 spiro atoms. The van der Waals surface area contributed by atoms with Gasteiger partial charge in [0.1, 0.15) is 0 Å². The Morgan fingerprint density at radius 1 is 1.23 bits per heavy atom. The maximum absolute atomic E-state index is 12.4. The fourth-order valence-corrected chi connectivity index (χ4v) is 5.85. The van der Waals surface area contributed by atoms with Gasteiger partial charge in [-0.2, -0.15) is 13.2 Å². The molecule has 8 heteroatoms. The lowest BCUT2D eigenvalue weighted by Crippen LogP contribution is -2.34. The number of thiophene rings is 2. The molecule has 1 amide bonds. The first-order valence-corrected chi connectivity index (χ1v) is 10.0. The Kier molecular flexibility index (Phi) is 4.66. The number of amides is 1. The number of carbonyl (C=O) groups excluding carboxylic acids is 1. The first kappa shape index (κ1) is 17.8. The smallest absolute Gasteiger partial charge is 0.351 e. The molecule has 26 heavy (non-hydrogen) atoms. The second-order valence-electron chi connectivity index (χ2n) is 6.62. The molecule has 1 N–H and O–H groups in total. The van der Waals surface area contributed by atoms with Crippen LogP contribution in [0.3, 0.4) is 0 Å². The standard InChI is InChI=1S/C18H17F3N2OS2/c19-18(20,21)10-23-6-5-11(9-23)8-22-17(24)15-7-14-16(26-15)12-3-1-2-4-13(12)25-14/h1-4,7,11H,5-6,8-10H2,(H,22,24). The van der Waals surface area contributed by atoms with E-state index in [-0.39, 0.29) is 11.8 Å². The molecule has 0 bridgehead atoms. The largest absolute Gasteiger partial charge is 0.401 e. The van der Waals surface area contributed by atoms with Gasteiger partial charge >= 0.3 is 6.18 Å². The Balaban J connectivity index is 1.37. The monoisotopic (exact) mass is 398 g/mol. The van der Waals surface area contributed by atoms with E-state index in [9.17, 15) is 18.0 Å². The van der Waals surface area contributed by atoms with Crippen LogP contribution < -0.4 is 5.32 Å². The Labute approximate surface area is 156 Å². The molecule has 1 aliphatic rings. The van der Waals surface area contributed by atoms with Gasteiger partial charge in [-0.25, -0.2) is 0 Å². The maximum atomic E-state index is 12.4. The predicted octanol–water partition coefficient (Wildman–Crippen LogP) is 4.73. The van der Waals surface area contributed by atoms with Crippen LogP contribution in [0.15, 0.2) is 30.3 Å². The zero-order valence-electron chi connectivity index (χ0n) is 13.8. The van der Waals surface area contributed by atoms with Gasteiger partial charge in [0.05, 0.1) is 16.1 Å². The highest BCUT2D eigenvalue weighted by atomic mass is 32.1. The predicted molar refractivity (Wildman–Crippen MR) is 100 cm³/mol. The van der Waals surface area contributed by atoms with E-state index in [1.165, 1.54) is 20.9 Å². The average Bonchev–Trinajstić information content (AvgIpc) is 3.25. The summed E-state index contributed by atoms with van der Waals surface area (Å²) in [6.45, 7) is 0.357. The molecule has 1 saturated heterocycles. The molecule has 138 valence electrons. The number of hydrogen-bond acceptors (Lipinski definition) is 4. The van der Waals surface area contributed by atoms with Crippen molar-refractivity contribution in [2.75, 3.05) is 26.2 Å². The molecule has 1 atom stereocenters. The second kappa shape index (κ2) is 6.83. The van der Waals surface area contributed by atoms with Gasteiger partial charge in [0.2, 0.25) is 0 Å². The van der Waals surface area contributed by atoms with E-state index >= 15 is 0 Å². The lowest BCUT2D eigenvalue weighted by atomic mass is 10.1. The van der Waals surface area contributed by atoms with Gasteiger partial charge in [0.15, 0.2) is 0 Å². The first-order valence-electron chi connectivity index (χ1n) is 8.37. The van der Waals surface area contributed by atoms with E-state index < -0.39 is 12.7 Å². The SMILES string of the molecule is O=C(NCC1CCN(CC(F)(F)F)C1)c1cc2sc3ccccc3c2s1.